The summed E-state index contributed by atoms with van der Waals surface area (Å²) in [4.78, 5) is 25.2. The Morgan fingerprint density at radius 1 is 1.50 bits per heavy atom. The summed E-state index contributed by atoms with van der Waals surface area (Å²) >= 11 is 0. The molecule has 2 rings (SSSR count). The van der Waals surface area contributed by atoms with Gasteiger partial charge in [-0.05, 0) is 37.5 Å². The lowest BCUT2D eigenvalue weighted by atomic mass is 10.0. The van der Waals surface area contributed by atoms with Crippen molar-refractivity contribution in [1.29, 1.82) is 0 Å². The number of hydrogen-bond acceptors (Lipinski definition) is 3. The standard InChI is InChI=1S/C15H18FNO3/c1-9-4-5-11(8-12(9)16)10(2)17-13(15(19)20-3)6-7-14(17)18/h4-5,8,10,13H,6-7H2,1-3H3. The Kier molecular flexibility index (Phi) is 4.06. The Morgan fingerprint density at radius 2 is 2.20 bits per heavy atom. The molecule has 1 saturated heterocycles. The molecular formula is C15H18FNO3. The van der Waals surface area contributed by atoms with Gasteiger partial charge in [0.2, 0.25) is 5.91 Å². The monoisotopic (exact) mass is 279 g/mol. The summed E-state index contributed by atoms with van der Waals surface area (Å²) in [5.74, 6) is -0.834. The number of ether oxygens (including phenoxy) is 1. The maximum Gasteiger partial charge on any atom is 0.328 e. The molecule has 1 fully saturated rings. The number of methoxy groups -OCH3 is 1. The second-order valence-corrected chi connectivity index (χ2v) is 5.06. The fourth-order valence-electron chi connectivity index (χ4n) is 2.59. The van der Waals surface area contributed by atoms with Crippen molar-refractivity contribution in [1.82, 2.24) is 4.90 Å². The van der Waals surface area contributed by atoms with E-state index < -0.39 is 12.0 Å². The van der Waals surface area contributed by atoms with E-state index in [1.54, 1.807) is 26.0 Å². The van der Waals surface area contributed by atoms with Crippen LogP contribution < -0.4 is 0 Å². The van der Waals surface area contributed by atoms with E-state index in [-0.39, 0.29) is 17.8 Å². The van der Waals surface area contributed by atoms with Crippen molar-refractivity contribution in [2.75, 3.05) is 7.11 Å². The second-order valence-electron chi connectivity index (χ2n) is 5.06. The van der Waals surface area contributed by atoms with Crippen LogP contribution in [-0.2, 0) is 14.3 Å². The van der Waals surface area contributed by atoms with Crippen molar-refractivity contribution in [3.63, 3.8) is 0 Å². The van der Waals surface area contributed by atoms with E-state index in [2.05, 4.69) is 0 Å². The van der Waals surface area contributed by atoms with Gasteiger partial charge in [0.05, 0.1) is 13.2 Å². The van der Waals surface area contributed by atoms with Crippen LogP contribution in [-0.4, -0.2) is 29.9 Å². The van der Waals surface area contributed by atoms with E-state index >= 15 is 0 Å². The highest BCUT2D eigenvalue weighted by atomic mass is 19.1. The zero-order valence-electron chi connectivity index (χ0n) is 11.9. The predicted octanol–water partition coefficient (Wildman–Crippen LogP) is 2.36. The van der Waals surface area contributed by atoms with Crippen LogP contribution in [0, 0.1) is 12.7 Å². The van der Waals surface area contributed by atoms with Crippen LogP contribution in [0.15, 0.2) is 18.2 Å². The molecule has 1 aliphatic rings. The summed E-state index contributed by atoms with van der Waals surface area (Å²) in [6.07, 6.45) is 0.767. The summed E-state index contributed by atoms with van der Waals surface area (Å²) in [5, 5.41) is 0. The topological polar surface area (TPSA) is 46.6 Å². The Labute approximate surface area is 117 Å². The van der Waals surface area contributed by atoms with Crippen LogP contribution in [0.25, 0.3) is 0 Å². The number of nitrogens with zero attached hydrogens (tertiary/aromatic N) is 1. The first-order chi connectivity index (χ1) is 9.45. The third-order valence-electron chi connectivity index (χ3n) is 3.82. The summed E-state index contributed by atoms with van der Waals surface area (Å²) in [6, 6.07) is 3.94. The Bertz CT molecular complexity index is 544. The first-order valence-electron chi connectivity index (χ1n) is 6.60. The molecule has 2 unspecified atom stereocenters. The number of carbonyl (C=O) groups excluding carboxylic acids is 2. The summed E-state index contributed by atoms with van der Waals surface area (Å²) in [7, 11) is 1.31. The fraction of sp³-hybridized carbons (Fsp3) is 0.467. The van der Waals surface area contributed by atoms with Gasteiger partial charge in [-0.15, -0.1) is 0 Å². The lowest BCUT2D eigenvalue weighted by Gasteiger charge is -2.29. The van der Waals surface area contributed by atoms with Gasteiger partial charge in [0.25, 0.3) is 0 Å². The number of aryl methyl sites for hydroxylation is 1. The van der Waals surface area contributed by atoms with Crippen molar-refractivity contribution in [2.24, 2.45) is 0 Å². The number of amides is 1. The van der Waals surface area contributed by atoms with E-state index in [0.717, 1.165) is 0 Å². The van der Waals surface area contributed by atoms with Gasteiger partial charge in [-0.2, -0.15) is 0 Å². The normalized spacial score (nSPS) is 20.1. The van der Waals surface area contributed by atoms with E-state index in [4.69, 9.17) is 4.74 Å². The highest BCUT2D eigenvalue weighted by molar-refractivity contribution is 5.88. The molecule has 0 N–H and O–H groups in total. The zero-order valence-corrected chi connectivity index (χ0v) is 11.9. The van der Waals surface area contributed by atoms with Crippen LogP contribution in [0.1, 0.15) is 36.9 Å². The quantitative estimate of drug-likeness (QED) is 0.798. The highest BCUT2D eigenvalue weighted by Crippen LogP contribution is 2.31. The number of benzene rings is 1. The minimum Gasteiger partial charge on any atom is -0.467 e. The molecular weight excluding hydrogens is 261 g/mol. The van der Waals surface area contributed by atoms with Gasteiger partial charge in [-0.25, -0.2) is 9.18 Å². The van der Waals surface area contributed by atoms with Gasteiger partial charge in [0.1, 0.15) is 11.9 Å². The minimum absolute atomic E-state index is 0.103. The van der Waals surface area contributed by atoms with Crippen LogP contribution in [0.5, 0.6) is 0 Å². The van der Waals surface area contributed by atoms with Crippen molar-refractivity contribution in [3.8, 4) is 0 Å². The molecule has 1 aromatic carbocycles. The number of esters is 1. The van der Waals surface area contributed by atoms with Crippen molar-refractivity contribution in [2.45, 2.75) is 38.8 Å². The molecule has 20 heavy (non-hydrogen) atoms. The first kappa shape index (κ1) is 14.5. The SMILES string of the molecule is COC(=O)C1CCC(=O)N1C(C)c1ccc(C)c(F)c1. The molecule has 0 bridgehead atoms. The average Bonchev–Trinajstić information content (AvgIpc) is 2.82. The van der Waals surface area contributed by atoms with Gasteiger partial charge in [0, 0.05) is 6.42 Å². The Balaban J connectivity index is 2.29. The molecule has 1 heterocycles. The summed E-state index contributed by atoms with van der Waals surface area (Å²) < 4.78 is 18.4. The molecule has 0 radical (unpaired) electrons. The van der Waals surface area contributed by atoms with Gasteiger partial charge < -0.3 is 9.64 Å². The van der Waals surface area contributed by atoms with E-state index in [1.165, 1.54) is 18.1 Å². The molecule has 108 valence electrons. The maximum atomic E-state index is 13.7. The first-order valence-corrected chi connectivity index (χ1v) is 6.60. The second kappa shape index (κ2) is 5.61. The third-order valence-corrected chi connectivity index (χ3v) is 3.82. The molecule has 1 aromatic rings. The third kappa shape index (κ3) is 2.53. The van der Waals surface area contributed by atoms with E-state index in [1.807, 2.05) is 0 Å². The number of carbonyl (C=O) groups is 2. The fourth-order valence-corrected chi connectivity index (χ4v) is 2.59. The largest absolute Gasteiger partial charge is 0.467 e. The van der Waals surface area contributed by atoms with Gasteiger partial charge in [0.15, 0.2) is 0 Å². The van der Waals surface area contributed by atoms with E-state index in [9.17, 15) is 14.0 Å². The van der Waals surface area contributed by atoms with Gasteiger partial charge >= 0.3 is 5.97 Å². The van der Waals surface area contributed by atoms with E-state index in [0.29, 0.717) is 24.0 Å². The minimum atomic E-state index is -0.577. The average molecular weight is 279 g/mol. The molecule has 0 aromatic heterocycles. The molecule has 0 saturated carbocycles. The number of halogens is 1. The van der Waals surface area contributed by atoms with Crippen LogP contribution >= 0.6 is 0 Å². The zero-order chi connectivity index (χ0) is 14.9. The van der Waals surface area contributed by atoms with Crippen LogP contribution in [0.4, 0.5) is 4.39 Å². The molecule has 1 aliphatic heterocycles. The number of rotatable bonds is 3. The molecule has 4 nitrogen and oxygen atoms in total. The molecule has 2 atom stereocenters. The van der Waals surface area contributed by atoms with Crippen molar-refractivity contribution >= 4 is 11.9 Å². The smallest absolute Gasteiger partial charge is 0.328 e. The van der Waals surface area contributed by atoms with Crippen molar-refractivity contribution in [3.05, 3.63) is 35.1 Å². The Morgan fingerprint density at radius 3 is 2.80 bits per heavy atom. The predicted molar refractivity (Wildman–Crippen MR) is 71.4 cm³/mol. The molecule has 1 amide bonds. The Hall–Kier alpha value is -1.91. The lowest BCUT2D eigenvalue weighted by Crippen LogP contribution is -2.40. The molecule has 0 spiro atoms. The van der Waals surface area contributed by atoms with Gasteiger partial charge in [-0.1, -0.05) is 12.1 Å². The summed E-state index contributed by atoms with van der Waals surface area (Å²) in [6.45, 7) is 3.48. The van der Waals surface area contributed by atoms with Crippen LogP contribution in [0.2, 0.25) is 0 Å². The molecule has 0 aliphatic carbocycles. The van der Waals surface area contributed by atoms with Crippen molar-refractivity contribution < 1.29 is 18.7 Å². The maximum absolute atomic E-state index is 13.7. The van der Waals surface area contributed by atoms with Gasteiger partial charge in [-0.3, -0.25) is 4.79 Å². The van der Waals surface area contributed by atoms with Crippen LogP contribution in [0.3, 0.4) is 0 Å². The number of likely N-dealkylation sites (tertiary alicyclic amines) is 1. The number of hydrogen-bond donors (Lipinski definition) is 0. The highest BCUT2D eigenvalue weighted by Gasteiger charge is 2.39. The molecule has 5 heteroatoms. The summed E-state index contributed by atoms with van der Waals surface area (Å²) in [5.41, 5.74) is 1.23. The lowest BCUT2D eigenvalue weighted by molar-refractivity contribution is -0.150.